The van der Waals surface area contributed by atoms with Crippen molar-refractivity contribution in [1.82, 2.24) is 0 Å². The zero-order valence-corrected chi connectivity index (χ0v) is 21.0. The predicted octanol–water partition coefficient (Wildman–Crippen LogP) is 9.19. The van der Waals surface area contributed by atoms with E-state index in [1.165, 1.54) is 67.2 Å². The Hall–Kier alpha value is -2.80. The first kappa shape index (κ1) is 24.3. The van der Waals surface area contributed by atoms with Gasteiger partial charge in [0.25, 0.3) is 0 Å². The van der Waals surface area contributed by atoms with Crippen LogP contribution in [-0.4, -0.2) is 6.61 Å². The summed E-state index contributed by atoms with van der Waals surface area (Å²) in [4.78, 5) is 0. The van der Waals surface area contributed by atoms with Crippen LogP contribution in [0.5, 0.6) is 5.75 Å². The third-order valence-corrected chi connectivity index (χ3v) is 7.50. The highest BCUT2D eigenvalue weighted by Crippen LogP contribution is 2.37. The summed E-state index contributed by atoms with van der Waals surface area (Å²) in [5.74, 6) is 3.43. The van der Waals surface area contributed by atoms with E-state index >= 15 is 0 Å². The van der Waals surface area contributed by atoms with E-state index in [0.717, 1.165) is 17.6 Å². The number of aryl methyl sites for hydroxylation is 1. The number of benzene rings is 3. The highest BCUT2D eigenvalue weighted by Gasteiger charge is 2.22. The topological polar surface area (TPSA) is 9.23 Å². The molecule has 0 saturated heterocycles. The molecule has 0 spiro atoms. The van der Waals surface area contributed by atoms with Gasteiger partial charge < -0.3 is 4.74 Å². The standard InChI is InChI=1S/C33H40O/c1-3-34-33-23-21-30(22-24-33)16-15-28-11-9-27(10-12-28)13-14-29-17-19-31(20-18-29)25-26(2)32-7-5-4-6-8-32/h4-12,15-16,21-24,26,29,31H,3,13-14,17-20,25H2,1-2H3/t26-,29?,31?/m1/s1. The van der Waals surface area contributed by atoms with Gasteiger partial charge in [-0.2, -0.15) is 0 Å². The van der Waals surface area contributed by atoms with E-state index in [-0.39, 0.29) is 0 Å². The van der Waals surface area contributed by atoms with Crippen LogP contribution < -0.4 is 4.74 Å². The number of rotatable bonds is 10. The summed E-state index contributed by atoms with van der Waals surface area (Å²) in [6, 6.07) is 28.4. The van der Waals surface area contributed by atoms with Gasteiger partial charge in [-0.1, -0.05) is 111 Å². The molecule has 34 heavy (non-hydrogen) atoms. The average molecular weight is 453 g/mol. The number of hydrogen-bond donors (Lipinski definition) is 0. The van der Waals surface area contributed by atoms with Crippen LogP contribution >= 0.6 is 0 Å². The normalized spacial score (nSPS) is 19.2. The second-order valence-electron chi connectivity index (χ2n) is 10.0. The molecule has 0 aliphatic heterocycles. The van der Waals surface area contributed by atoms with Crippen LogP contribution in [0.15, 0.2) is 78.9 Å². The molecule has 0 bridgehead atoms. The van der Waals surface area contributed by atoms with Gasteiger partial charge in [0.05, 0.1) is 6.61 Å². The molecule has 1 aliphatic rings. The van der Waals surface area contributed by atoms with Crippen molar-refractivity contribution in [1.29, 1.82) is 0 Å². The monoisotopic (exact) mass is 452 g/mol. The molecule has 1 heteroatoms. The van der Waals surface area contributed by atoms with Crippen molar-refractivity contribution in [2.45, 2.75) is 64.7 Å². The Labute approximate surface area is 206 Å². The van der Waals surface area contributed by atoms with Gasteiger partial charge in [-0.15, -0.1) is 0 Å². The van der Waals surface area contributed by atoms with E-state index in [9.17, 15) is 0 Å². The molecule has 3 aromatic rings. The quantitative estimate of drug-likeness (QED) is 0.279. The summed E-state index contributed by atoms with van der Waals surface area (Å²) in [5, 5.41) is 0. The largest absolute Gasteiger partial charge is 0.494 e. The van der Waals surface area contributed by atoms with Crippen LogP contribution in [0.25, 0.3) is 12.2 Å². The molecule has 0 heterocycles. The maximum absolute atomic E-state index is 5.52. The van der Waals surface area contributed by atoms with Crippen LogP contribution in [0, 0.1) is 11.8 Å². The fourth-order valence-electron chi connectivity index (χ4n) is 5.37. The Kier molecular flexibility index (Phi) is 9.02. The van der Waals surface area contributed by atoms with Crippen LogP contribution in [0.2, 0.25) is 0 Å². The zero-order valence-electron chi connectivity index (χ0n) is 21.0. The van der Waals surface area contributed by atoms with Gasteiger partial charge in [-0.05, 0) is 78.3 Å². The van der Waals surface area contributed by atoms with Gasteiger partial charge in [0.2, 0.25) is 0 Å². The second kappa shape index (κ2) is 12.6. The van der Waals surface area contributed by atoms with Gasteiger partial charge in [-0.3, -0.25) is 0 Å². The minimum Gasteiger partial charge on any atom is -0.494 e. The van der Waals surface area contributed by atoms with Crippen molar-refractivity contribution in [3.05, 3.63) is 101 Å². The van der Waals surface area contributed by atoms with Crippen molar-refractivity contribution in [3.8, 4) is 5.75 Å². The smallest absolute Gasteiger partial charge is 0.119 e. The number of ether oxygens (including phenoxy) is 1. The van der Waals surface area contributed by atoms with Gasteiger partial charge in [0.1, 0.15) is 5.75 Å². The second-order valence-corrected chi connectivity index (χ2v) is 10.0. The van der Waals surface area contributed by atoms with E-state index in [1.54, 1.807) is 0 Å². The average Bonchev–Trinajstić information content (AvgIpc) is 2.89. The summed E-state index contributed by atoms with van der Waals surface area (Å²) >= 11 is 0. The van der Waals surface area contributed by atoms with Crippen molar-refractivity contribution >= 4 is 12.2 Å². The summed E-state index contributed by atoms with van der Waals surface area (Å²) < 4.78 is 5.52. The van der Waals surface area contributed by atoms with Crippen LogP contribution in [0.1, 0.15) is 80.5 Å². The maximum atomic E-state index is 5.52. The molecule has 1 atom stereocenters. The molecule has 0 N–H and O–H groups in total. The lowest BCUT2D eigenvalue weighted by Gasteiger charge is -2.30. The molecule has 0 radical (unpaired) electrons. The molecule has 3 aromatic carbocycles. The Balaban J connectivity index is 1.18. The molecule has 4 rings (SSSR count). The van der Waals surface area contributed by atoms with Crippen molar-refractivity contribution < 1.29 is 4.74 Å². The summed E-state index contributed by atoms with van der Waals surface area (Å²) in [7, 11) is 0. The lowest BCUT2D eigenvalue weighted by molar-refractivity contribution is 0.245. The summed E-state index contributed by atoms with van der Waals surface area (Å²) in [6.45, 7) is 5.12. The van der Waals surface area contributed by atoms with Crippen LogP contribution in [-0.2, 0) is 6.42 Å². The maximum Gasteiger partial charge on any atom is 0.119 e. The fraction of sp³-hybridized carbons (Fsp3) is 0.394. The third-order valence-electron chi connectivity index (χ3n) is 7.50. The lowest BCUT2D eigenvalue weighted by Crippen LogP contribution is -2.16. The van der Waals surface area contributed by atoms with Crippen molar-refractivity contribution in [2.75, 3.05) is 6.61 Å². The van der Waals surface area contributed by atoms with E-state index in [1.807, 2.05) is 19.1 Å². The molecular formula is C33H40O. The van der Waals surface area contributed by atoms with Crippen molar-refractivity contribution in [3.63, 3.8) is 0 Å². The highest BCUT2D eigenvalue weighted by molar-refractivity contribution is 5.69. The molecule has 0 unspecified atom stereocenters. The Bertz CT molecular complexity index is 993. The number of hydrogen-bond acceptors (Lipinski definition) is 1. The minimum absolute atomic E-state index is 0.685. The van der Waals surface area contributed by atoms with E-state index < -0.39 is 0 Å². The molecular weight excluding hydrogens is 412 g/mol. The van der Waals surface area contributed by atoms with Gasteiger partial charge in [0, 0.05) is 0 Å². The molecule has 0 aromatic heterocycles. The first-order valence-corrected chi connectivity index (χ1v) is 13.2. The molecule has 1 saturated carbocycles. The SMILES string of the molecule is CCOc1ccc(C=Cc2ccc(CCC3CCC(C[C@@H](C)c4ccccc4)CC3)cc2)cc1. The third kappa shape index (κ3) is 7.35. The van der Waals surface area contributed by atoms with E-state index in [4.69, 9.17) is 4.74 Å². The molecule has 1 nitrogen and oxygen atoms in total. The minimum atomic E-state index is 0.685. The Morgan fingerprint density at radius 2 is 1.35 bits per heavy atom. The zero-order chi connectivity index (χ0) is 23.6. The fourth-order valence-corrected chi connectivity index (χ4v) is 5.37. The molecule has 0 amide bonds. The molecule has 1 fully saturated rings. The first-order chi connectivity index (χ1) is 16.7. The van der Waals surface area contributed by atoms with Gasteiger partial charge in [-0.25, -0.2) is 0 Å². The highest BCUT2D eigenvalue weighted by atomic mass is 16.5. The Morgan fingerprint density at radius 1 is 0.765 bits per heavy atom. The van der Waals surface area contributed by atoms with Crippen LogP contribution in [0.4, 0.5) is 0 Å². The van der Waals surface area contributed by atoms with Crippen LogP contribution in [0.3, 0.4) is 0 Å². The van der Waals surface area contributed by atoms with E-state index in [0.29, 0.717) is 12.5 Å². The van der Waals surface area contributed by atoms with Gasteiger partial charge in [0.15, 0.2) is 0 Å². The Morgan fingerprint density at radius 3 is 1.97 bits per heavy atom. The summed E-state index contributed by atoms with van der Waals surface area (Å²) in [6.07, 6.45) is 13.9. The first-order valence-electron chi connectivity index (χ1n) is 13.2. The van der Waals surface area contributed by atoms with Gasteiger partial charge >= 0.3 is 0 Å². The lowest BCUT2D eigenvalue weighted by atomic mass is 9.76. The molecule has 1 aliphatic carbocycles. The van der Waals surface area contributed by atoms with E-state index in [2.05, 4.69) is 85.8 Å². The van der Waals surface area contributed by atoms with Crippen molar-refractivity contribution in [2.24, 2.45) is 11.8 Å². The summed E-state index contributed by atoms with van der Waals surface area (Å²) in [5.41, 5.74) is 5.42. The predicted molar refractivity (Wildman–Crippen MR) is 146 cm³/mol. The molecule has 178 valence electrons.